The topological polar surface area (TPSA) is 82.4 Å². The van der Waals surface area contributed by atoms with Gasteiger partial charge in [0.2, 0.25) is 5.91 Å². The van der Waals surface area contributed by atoms with E-state index in [0.717, 1.165) is 0 Å². The Morgan fingerprint density at radius 2 is 2.09 bits per heavy atom. The Bertz CT molecular complexity index is 811. The fourth-order valence-corrected chi connectivity index (χ4v) is 2.38. The van der Waals surface area contributed by atoms with Crippen molar-refractivity contribution in [3.05, 3.63) is 54.1 Å². The molecule has 0 spiro atoms. The lowest BCUT2D eigenvalue weighted by Crippen LogP contribution is -2.41. The molecule has 0 unspecified atom stereocenters. The molecule has 0 fully saturated rings. The van der Waals surface area contributed by atoms with Crippen LogP contribution in [0.5, 0.6) is 5.75 Å². The van der Waals surface area contributed by atoms with Gasteiger partial charge < -0.3 is 15.0 Å². The van der Waals surface area contributed by atoms with Gasteiger partial charge in [0.1, 0.15) is 6.54 Å². The third-order valence-corrected chi connectivity index (χ3v) is 3.36. The van der Waals surface area contributed by atoms with Crippen LogP contribution in [0.3, 0.4) is 0 Å². The molecule has 0 saturated heterocycles. The predicted molar refractivity (Wildman–Crippen MR) is 84.1 cm³/mol. The second-order valence-electron chi connectivity index (χ2n) is 5.04. The number of nitrogens with one attached hydrogen (secondary N) is 1. The molecule has 1 N–H and O–H groups in total. The van der Waals surface area contributed by atoms with Gasteiger partial charge in [-0.1, -0.05) is 18.2 Å². The van der Waals surface area contributed by atoms with Crippen LogP contribution in [0.4, 0.5) is 11.4 Å². The minimum Gasteiger partial charge on any atom is -0.423 e. The van der Waals surface area contributed by atoms with Crippen molar-refractivity contribution in [3.8, 4) is 11.8 Å². The first-order valence-electron chi connectivity index (χ1n) is 7.00. The monoisotopic (exact) mass is 307 g/mol. The van der Waals surface area contributed by atoms with Gasteiger partial charge in [0.15, 0.2) is 5.75 Å². The number of nitriles is 1. The molecule has 1 amide bonds. The van der Waals surface area contributed by atoms with Gasteiger partial charge in [-0.25, -0.2) is 4.79 Å². The zero-order chi connectivity index (χ0) is 16.2. The summed E-state index contributed by atoms with van der Waals surface area (Å²) in [6.07, 6.45) is 0. The zero-order valence-corrected chi connectivity index (χ0v) is 12.2. The predicted octanol–water partition coefficient (Wildman–Crippen LogP) is 1.92. The summed E-state index contributed by atoms with van der Waals surface area (Å²) in [6.45, 7) is 0.0333. The lowest BCUT2D eigenvalue weighted by Gasteiger charge is -2.29. The Morgan fingerprint density at radius 1 is 1.26 bits per heavy atom. The summed E-state index contributed by atoms with van der Waals surface area (Å²) < 4.78 is 5.14. The van der Waals surface area contributed by atoms with E-state index >= 15 is 0 Å². The number of ether oxygens (including phenoxy) is 1. The number of para-hydroxylation sites is 2. The number of nitrogens with zero attached hydrogens (tertiary/aromatic N) is 2. The van der Waals surface area contributed by atoms with E-state index in [-0.39, 0.29) is 19.0 Å². The summed E-state index contributed by atoms with van der Waals surface area (Å²) in [5, 5.41) is 11.6. The van der Waals surface area contributed by atoms with Crippen molar-refractivity contribution in [2.45, 2.75) is 0 Å². The molecule has 1 heterocycles. The smallest absolute Gasteiger partial charge is 0.331 e. The number of fused-ring (bicyclic) bond motifs is 1. The molecular weight excluding hydrogens is 294 g/mol. The van der Waals surface area contributed by atoms with E-state index in [1.54, 1.807) is 47.4 Å². The van der Waals surface area contributed by atoms with E-state index in [9.17, 15) is 9.59 Å². The Kier molecular flexibility index (Phi) is 3.93. The molecule has 114 valence electrons. The molecule has 1 aliphatic heterocycles. The largest absolute Gasteiger partial charge is 0.423 e. The van der Waals surface area contributed by atoms with Crippen LogP contribution in [0, 0.1) is 11.3 Å². The van der Waals surface area contributed by atoms with Gasteiger partial charge in [0, 0.05) is 5.69 Å². The maximum Gasteiger partial charge on any atom is 0.331 e. The first kappa shape index (κ1) is 14.6. The molecule has 23 heavy (non-hydrogen) atoms. The molecule has 0 aromatic heterocycles. The number of hydrogen-bond acceptors (Lipinski definition) is 5. The molecule has 6 nitrogen and oxygen atoms in total. The highest BCUT2D eigenvalue weighted by atomic mass is 16.5. The molecule has 0 radical (unpaired) electrons. The minimum atomic E-state index is -0.400. The first-order chi connectivity index (χ1) is 11.2. The SMILES string of the molecule is N#Cc1cccc(NC(=O)CN2CC(=O)Oc3ccccc32)c1. The Hall–Kier alpha value is -3.33. The summed E-state index contributed by atoms with van der Waals surface area (Å²) >= 11 is 0. The maximum atomic E-state index is 12.2. The molecule has 2 aromatic rings. The molecule has 0 bridgehead atoms. The molecule has 2 aromatic carbocycles. The number of anilines is 2. The van der Waals surface area contributed by atoms with Crippen LogP contribution in [0.1, 0.15) is 5.56 Å². The first-order valence-corrected chi connectivity index (χ1v) is 7.00. The van der Waals surface area contributed by atoms with E-state index in [0.29, 0.717) is 22.7 Å². The molecule has 0 atom stereocenters. The van der Waals surface area contributed by atoms with Crippen molar-refractivity contribution in [2.24, 2.45) is 0 Å². The number of amides is 1. The van der Waals surface area contributed by atoms with Gasteiger partial charge in [-0.05, 0) is 30.3 Å². The molecule has 3 rings (SSSR count). The standard InChI is InChI=1S/C17H13N3O3/c18-9-12-4-3-5-13(8-12)19-16(21)10-20-11-17(22)23-15-7-2-1-6-14(15)20/h1-8H,10-11H2,(H,19,21). The van der Waals surface area contributed by atoms with E-state index in [4.69, 9.17) is 10.00 Å². The van der Waals surface area contributed by atoms with Crippen LogP contribution < -0.4 is 15.0 Å². The molecular formula is C17H13N3O3. The average Bonchev–Trinajstić information content (AvgIpc) is 2.54. The fraction of sp³-hybridized carbons (Fsp3) is 0.118. The van der Waals surface area contributed by atoms with Crippen molar-refractivity contribution in [2.75, 3.05) is 23.3 Å². The highest BCUT2D eigenvalue weighted by molar-refractivity contribution is 5.96. The van der Waals surface area contributed by atoms with Crippen molar-refractivity contribution >= 4 is 23.3 Å². The second kappa shape index (κ2) is 6.20. The zero-order valence-electron chi connectivity index (χ0n) is 12.2. The third kappa shape index (κ3) is 3.30. The normalized spacial score (nSPS) is 12.8. The van der Waals surface area contributed by atoms with Crippen LogP contribution in [-0.2, 0) is 9.59 Å². The van der Waals surface area contributed by atoms with E-state index in [1.165, 1.54) is 0 Å². The Labute approximate surface area is 132 Å². The van der Waals surface area contributed by atoms with Crippen LogP contribution in [0.15, 0.2) is 48.5 Å². The van der Waals surface area contributed by atoms with Crippen molar-refractivity contribution in [1.82, 2.24) is 0 Å². The molecule has 1 aliphatic rings. The maximum absolute atomic E-state index is 12.2. The Morgan fingerprint density at radius 3 is 2.91 bits per heavy atom. The van der Waals surface area contributed by atoms with Gasteiger partial charge in [0.05, 0.1) is 23.9 Å². The van der Waals surface area contributed by atoms with Crippen molar-refractivity contribution < 1.29 is 14.3 Å². The van der Waals surface area contributed by atoms with Crippen LogP contribution in [0.2, 0.25) is 0 Å². The molecule has 0 aliphatic carbocycles. The van der Waals surface area contributed by atoms with Gasteiger partial charge in [-0.15, -0.1) is 0 Å². The lowest BCUT2D eigenvalue weighted by molar-refractivity contribution is -0.133. The van der Waals surface area contributed by atoms with Gasteiger partial charge in [-0.2, -0.15) is 5.26 Å². The highest BCUT2D eigenvalue weighted by Crippen LogP contribution is 2.31. The summed E-state index contributed by atoms with van der Waals surface area (Å²) in [6, 6.07) is 15.7. The number of hydrogen-bond donors (Lipinski definition) is 1. The molecule has 0 saturated carbocycles. The number of carbonyl (C=O) groups is 2. The van der Waals surface area contributed by atoms with E-state index in [2.05, 4.69) is 5.32 Å². The highest BCUT2D eigenvalue weighted by Gasteiger charge is 2.25. The summed E-state index contributed by atoms with van der Waals surface area (Å²) in [4.78, 5) is 25.5. The number of rotatable bonds is 3. The lowest BCUT2D eigenvalue weighted by atomic mass is 10.2. The fourth-order valence-electron chi connectivity index (χ4n) is 2.38. The summed E-state index contributed by atoms with van der Waals surface area (Å²) in [7, 11) is 0. The van der Waals surface area contributed by atoms with Crippen LogP contribution in [-0.4, -0.2) is 25.0 Å². The van der Waals surface area contributed by atoms with E-state index < -0.39 is 5.97 Å². The minimum absolute atomic E-state index is 0.0165. The van der Waals surface area contributed by atoms with Crippen molar-refractivity contribution in [3.63, 3.8) is 0 Å². The van der Waals surface area contributed by atoms with Crippen molar-refractivity contribution in [1.29, 1.82) is 5.26 Å². The van der Waals surface area contributed by atoms with Gasteiger partial charge in [0.25, 0.3) is 0 Å². The Balaban J connectivity index is 1.73. The third-order valence-electron chi connectivity index (χ3n) is 3.36. The number of carbonyl (C=O) groups excluding carboxylic acids is 2. The number of benzene rings is 2. The quantitative estimate of drug-likeness (QED) is 0.692. The summed E-state index contributed by atoms with van der Waals surface area (Å²) in [5.74, 6) is -0.226. The van der Waals surface area contributed by atoms with Crippen LogP contribution >= 0.6 is 0 Å². The number of esters is 1. The summed E-state index contributed by atoms with van der Waals surface area (Å²) in [5.41, 5.74) is 1.71. The van der Waals surface area contributed by atoms with Gasteiger partial charge in [-0.3, -0.25) is 4.79 Å². The van der Waals surface area contributed by atoms with Crippen LogP contribution in [0.25, 0.3) is 0 Å². The van der Waals surface area contributed by atoms with Gasteiger partial charge >= 0.3 is 5.97 Å². The molecule has 6 heteroatoms. The second-order valence-corrected chi connectivity index (χ2v) is 5.04. The average molecular weight is 307 g/mol. The van der Waals surface area contributed by atoms with E-state index in [1.807, 2.05) is 12.1 Å².